The minimum atomic E-state index is -0.344. The SMILES string of the molecule is CCCNC(=O)Cn1cnc2sc(C(=O)Nc3ccc4c(c3)OCCO4)c(C)c2c1=O. The quantitative estimate of drug-likeness (QED) is 0.606. The van der Waals surface area contributed by atoms with Gasteiger partial charge < -0.3 is 20.1 Å². The van der Waals surface area contributed by atoms with Crippen LogP contribution in [0.15, 0.2) is 29.3 Å². The van der Waals surface area contributed by atoms with Gasteiger partial charge in [-0.1, -0.05) is 6.92 Å². The molecule has 1 aliphatic rings. The zero-order chi connectivity index (χ0) is 22.0. The molecule has 2 amide bonds. The Kier molecular flexibility index (Phi) is 5.90. The summed E-state index contributed by atoms with van der Waals surface area (Å²) in [5, 5.41) is 5.92. The van der Waals surface area contributed by atoms with Crippen molar-refractivity contribution < 1.29 is 19.1 Å². The number of aryl methyl sites for hydroxylation is 1. The van der Waals surface area contributed by atoms with Gasteiger partial charge in [0.15, 0.2) is 11.5 Å². The van der Waals surface area contributed by atoms with E-state index in [9.17, 15) is 14.4 Å². The summed E-state index contributed by atoms with van der Waals surface area (Å²) >= 11 is 1.14. The van der Waals surface area contributed by atoms with E-state index in [4.69, 9.17) is 9.47 Å². The molecule has 162 valence electrons. The number of hydrogen-bond acceptors (Lipinski definition) is 7. The Morgan fingerprint density at radius 2 is 2.00 bits per heavy atom. The summed E-state index contributed by atoms with van der Waals surface area (Å²) in [5.74, 6) is 0.608. The second kappa shape index (κ2) is 8.76. The first-order chi connectivity index (χ1) is 15.0. The van der Waals surface area contributed by atoms with Gasteiger partial charge in [0.05, 0.1) is 16.6 Å². The lowest BCUT2D eigenvalue weighted by atomic mass is 10.2. The van der Waals surface area contributed by atoms with Gasteiger partial charge in [-0.25, -0.2) is 4.98 Å². The average molecular weight is 442 g/mol. The van der Waals surface area contributed by atoms with Crippen molar-refractivity contribution in [2.24, 2.45) is 0 Å². The lowest BCUT2D eigenvalue weighted by Crippen LogP contribution is -2.32. The van der Waals surface area contributed by atoms with Gasteiger partial charge in [-0.3, -0.25) is 19.0 Å². The fourth-order valence-electron chi connectivity index (χ4n) is 3.27. The topological polar surface area (TPSA) is 112 Å². The maximum atomic E-state index is 12.9. The second-order valence-electron chi connectivity index (χ2n) is 7.08. The van der Waals surface area contributed by atoms with E-state index >= 15 is 0 Å². The highest BCUT2D eigenvalue weighted by molar-refractivity contribution is 7.20. The Balaban J connectivity index is 1.59. The Morgan fingerprint density at radius 3 is 2.77 bits per heavy atom. The first kappa shape index (κ1) is 20.9. The summed E-state index contributed by atoms with van der Waals surface area (Å²) in [5.41, 5.74) is 0.753. The number of aromatic nitrogens is 2. The van der Waals surface area contributed by atoms with E-state index in [1.165, 1.54) is 10.9 Å². The van der Waals surface area contributed by atoms with E-state index in [1.54, 1.807) is 25.1 Å². The average Bonchev–Trinajstić information content (AvgIpc) is 3.11. The van der Waals surface area contributed by atoms with E-state index in [-0.39, 0.29) is 23.9 Å². The molecule has 0 saturated heterocycles. The molecule has 2 aromatic heterocycles. The Labute approximate surface area is 182 Å². The van der Waals surface area contributed by atoms with Crippen molar-refractivity contribution in [3.05, 3.63) is 45.3 Å². The number of fused-ring (bicyclic) bond motifs is 2. The fraction of sp³-hybridized carbons (Fsp3) is 0.333. The van der Waals surface area contributed by atoms with E-state index in [1.807, 2.05) is 6.92 Å². The van der Waals surface area contributed by atoms with Gasteiger partial charge in [0.2, 0.25) is 5.91 Å². The van der Waals surface area contributed by atoms with E-state index in [2.05, 4.69) is 15.6 Å². The molecule has 3 heterocycles. The minimum absolute atomic E-state index is 0.115. The first-order valence-electron chi connectivity index (χ1n) is 9.94. The van der Waals surface area contributed by atoms with Gasteiger partial charge in [0, 0.05) is 18.3 Å². The van der Waals surface area contributed by atoms with Crippen molar-refractivity contribution in [2.45, 2.75) is 26.8 Å². The fourth-order valence-corrected chi connectivity index (χ4v) is 4.31. The predicted octanol–water partition coefficient (Wildman–Crippen LogP) is 2.32. The third-order valence-corrected chi connectivity index (χ3v) is 6.01. The van der Waals surface area contributed by atoms with Crippen molar-refractivity contribution >= 4 is 39.1 Å². The summed E-state index contributed by atoms with van der Waals surface area (Å²) in [6.45, 7) is 5.04. The summed E-state index contributed by atoms with van der Waals surface area (Å²) in [4.78, 5) is 42.9. The molecule has 0 aliphatic carbocycles. The largest absolute Gasteiger partial charge is 0.486 e. The standard InChI is InChI=1S/C21H22N4O5S/c1-3-6-22-16(26)10-25-11-23-20-17(21(25)28)12(2)18(31-20)19(27)24-13-4-5-14-15(9-13)30-8-7-29-14/h4-5,9,11H,3,6-8,10H2,1-2H3,(H,22,26)(H,24,27). The van der Waals surface area contributed by atoms with E-state index < -0.39 is 0 Å². The van der Waals surface area contributed by atoms with Gasteiger partial charge in [-0.05, 0) is 31.0 Å². The van der Waals surface area contributed by atoms with Crippen LogP contribution in [0.2, 0.25) is 0 Å². The molecule has 9 nitrogen and oxygen atoms in total. The number of rotatable bonds is 6. The minimum Gasteiger partial charge on any atom is -0.486 e. The number of thiophene rings is 1. The van der Waals surface area contributed by atoms with Crippen molar-refractivity contribution in [3.63, 3.8) is 0 Å². The molecule has 0 unspecified atom stereocenters. The van der Waals surface area contributed by atoms with Crippen LogP contribution in [0.25, 0.3) is 10.2 Å². The third-order valence-electron chi connectivity index (χ3n) is 4.81. The van der Waals surface area contributed by atoms with Crippen LogP contribution in [-0.2, 0) is 11.3 Å². The van der Waals surface area contributed by atoms with Gasteiger partial charge in [0.1, 0.15) is 24.6 Å². The van der Waals surface area contributed by atoms with Crippen LogP contribution in [0.4, 0.5) is 5.69 Å². The number of carbonyl (C=O) groups is 2. The molecule has 0 fully saturated rings. The number of benzene rings is 1. The van der Waals surface area contributed by atoms with Gasteiger partial charge in [-0.2, -0.15) is 0 Å². The summed E-state index contributed by atoms with van der Waals surface area (Å²) in [7, 11) is 0. The number of nitrogens with one attached hydrogen (secondary N) is 2. The molecule has 0 saturated carbocycles. The molecule has 31 heavy (non-hydrogen) atoms. The molecule has 10 heteroatoms. The highest BCUT2D eigenvalue weighted by Gasteiger charge is 2.21. The monoisotopic (exact) mass is 442 g/mol. The van der Waals surface area contributed by atoms with Crippen molar-refractivity contribution in [3.8, 4) is 11.5 Å². The first-order valence-corrected chi connectivity index (χ1v) is 10.8. The van der Waals surface area contributed by atoms with Crippen LogP contribution >= 0.6 is 11.3 Å². The molecule has 3 aromatic rings. The zero-order valence-electron chi connectivity index (χ0n) is 17.2. The maximum absolute atomic E-state index is 12.9. The van der Waals surface area contributed by atoms with E-state index in [0.717, 1.165) is 17.8 Å². The van der Waals surface area contributed by atoms with Gasteiger partial charge in [-0.15, -0.1) is 11.3 Å². The van der Waals surface area contributed by atoms with Crippen molar-refractivity contribution in [2.75, 3.05) is 25.1 Å². The summed E-state index contributed by atoms with van der Waals surface area (Å²) in [6.07, 6.45) is 2.15. The lowest BCUT2D eigenvalue weighted by molar-refractivity contribution is -0.121. The maximum Gasteiger partial charge on any atom is 0.266 e. The van der Waals surface area contributed by atoms with Crippen molar-refractivity contribution in [1.82, 2.24) is 14.9 Å². The summed E-state index contributed by atoms with van der Waals surface area (Å²) < 4.78 is 12.3. The van der Waals surface area contributed by atoms with Crippen LogP contribution in [-0.4, -0.2) is 41.1 Å². The molecule has 0 spiro atoms. The van der Waals surface area contributed by atoms with Crippen molar-refractivity contribution in [1.29, 1.82) is 0 Å². The van der Waals surface area contributed by atoms with Crippen LogP contribution in [0.1, 0.15) is 28.6 Å². The normalized spacial score (nSPS) is 12.6. The summed E-state index contributed by atoms with van der Waals surface area (Å²) in [6, 6.07) is 5.18. The van der Waals surface area contributed by atoms with Crippen LogP contribution in [0.5, 0.6) is 11.5 Å². The molecule has 0 radical (unpaired) electrons. The Bertz CT molecular complexity index is 1220. The lowest BCUT2D eigenvalue weighted by Gasteiger charge is -2.18. The molecule has 1 aromatic carbocycles. The van der Waals surface area contributed by atoms with E-state index in [0.29, 0.717) is 57.6 Å². The van der Waals surface area contributed by atoms with Gasteiger partial charge in [0.25, 0.3) is 11.5 Å². The number of ether oxygens (including phenoxy) is 2. The number of carbonyl (C=O) groups excluding carboxylic acids is 2. The number of nitrogens with zero attached hydrogens (tertiary/aromatic N) is 2. The number of amides is 2. The second-order valence-corrected chi connectivity index (χ2v) is 8.08. The number of hydrogen-bond donors (Lipinski definition) is 2. The molecule has 0 atom stereocenters. The Morgan fingerprint density at radius 1 is 1.23 bits per heavy atom. The van der Waals surface area contributed by atoms with Gasteiger partial charge >= 0.3 is 0 Å². The highest BCUT2D eigenvalue weighted by Crippen LogP contribution is 2.33. The molecule has 1 aliphatic heterocycles. The van der Waals surface area contributed by atoms with Crippen LogP contribution < -0.4 is 25.7 Å². The molecule has 4 rings (SSSR count). The molecule has 2 N–H and O–H groups in total. The van der Waals surface area contributed by atoms with Crippen LogP contribution in [0, 0.1) is 6.92 Å². The highest BCUT2D eigenvalue weighted by atomic mass is 32.1. The Hall–Kier alpha value is -3.40. The molecular formula is C21H22N4O5S. The number of anilines is 1. The smallest absolute Gasteiger partial charge is 0.266 e. The zero-order valence-corrected chi connectivity index (χ0v) is 18.0. The molecular weight excluding hydrogens is 420 g/mol. The predicted molar refractivity (Wildman–Crippen MR) is 117 cm³/mol. The van der Waals surface area contributed by atoms with Crippen LogP contribution in [0.3, 0.4) is 0 Å². The molecule has 0 bridgehead atoms. The third kappa shape index (κ3) is 4.24.